The van der Waals surface area contributed by atoms with Gasteiger partial charge in [-0.3, -0.25) is 25.3 Å². The fourth-order valence-electron chi connectivity index (χ4n) is 2.80. The number of nitrogens with zero attached hydrogens (tertiary/aromatic N) is 3. The first-order valence-corrected chi connectivity index (χ1v) is 8.77. The van der Waals surface area contributed by atoms with Crippen molar-refractivity contribution in [2.45, 2.75) is 0 Å². The number of amides is 1. The van der Waals surface area contributed by atoms with E-state index in [0.717, 1.165) is 0 Å². The maximum atomic E-state index is 12.5. The summed E-state index contributed by atoms with van der Waals surface area (Å²) in [5.74, 6) is 1.05. The van der Waals surface area contributed by atoms with Crippen molar-refractivity contribution < 1.29 is 18.9 Å². The van der Waals surface area contributed by atoms with Crippen LogP contribution in [0.4, 0.5) is 11.6 Å². The summed E-state index contributed by atoms with van der Waals surface area (Å²) in [6.07, 6.45) is 0. The van der Waals surface area contributed by atoms with Crippen LogP contribution in [0, 0.1) is 10.1 Å². The van der Waals surface area contributed by atoms with Crippen molar-refractivity contribution in [1.29, 1.82) is 0 Å². The Morgan fingerprint density at radius 3 is 2.63 bits per heavy atom. The number of aromatic nitrogens is 3. The second kappa shape index (κ2) is 7.87. The highest BCUT2D eigenvalue weighted by Crippen LogP contribution is 2.28. The number of rotatable bonds is 6. The molecule has 0 bridgehead atoms. The van der Waals surface area contributed by atoms with Gasteiger partial charge in [-0.2, -0.15) is 4.98 Å². The lowest BCUT2D eigenvalue weighted by Crippen LogP contribution is -2.12. The summed E-state index contributed by atoms with van der Waals surface area (Å²) in [6.45, 7) is 0. The Morgan fingerprint density at radius 1 is 1.13 bits per heavy atom. The summed E-state index contributed by atoms with van der Waals surface area (Å²) in [6, 6.07) is 16.2. The lowest BCUT2D eigenvalue weighted by Gasteiger charge is -2.04. The van der Waals surface area contributed by atoms with Gasteiger partial charge in [0.05, 0.1) is 17.6 Å². The van der Waals surface area contributed by atoms with Crippen LogP contribution in [0.25, 0.3) is 22.7 Å². The molecule has 4 rings (SSSR count). The third-order valence-corrected chi connectivity index (χ3v) is 4.27. The molecule has 1 amide bonds. The SMILES string of the molecule is COc1ccccc1-c1nc(NC(=O)c2ccc(-c3ccc([N+](=O)[O-])cc3)o2)n[nH]1. The van der Waals surface area contributed by atoms with Crippen LogP contribution in [0.5, 0.6) is 5.75 Å². The predicted molar refractivity (Wildman–Crippen MR) is 107 cm³/mol. The van der Waals surface area contributed by atoms with E-state index in [-0.39, 0.29) is 17.4 Å². The van der Waals surface area contributed by atoms with E-state index in [9.17, 15) is 14.9 Å². The normalized spacial score (nSPS) is 10.6. The second-order valence-electron chi connectivity index (χ2n) is 6.13. The van der Waals surface area contributed by atoms with Crippen molar-refractivity contribution in [2.75, 3.05) is 12.4 Å². The highest BCUT2D eigenvalue weighted by molar-refractivity contribution is 6.01. The first-order chi connectivity index (χ1) is 14.5. The number of nitro benzene ring substituents is 1. The number of anilines is 1. The van der Waals surface area contributed by atoms with E-state index in [1.165, 1.54) is 18.2 Å². The fraction of sp³-hybridized carbons (Fsp3) is 0.0500. The molecule has 0 spiro atoms. The molecule has 2 aromatic carbocycles. The van der Waals surface area contributed by atoms with Crippen molar-refractivity contribution >= 4 is 17.5 Å². The Morgan fingerprint density at radius 2 is 1.90 bits per heavy atom. The van der Waals surface area contributed by atoms with Gasteiger partial charge in [0, 0.05) is 17.7 Å². The number of hydrogen-bond donors (Lipinski definition) is 2. The van der Waals surface area contributed by atoms with Crippen LogP contribution >= 0.6 is 0 Å². The number of benzene rings is 2. The molecule has 4 aromatic rings. The van der Waals surface area contributed by atoms with Crippen LogP contribution in [-0.4, -0.2) is 33.1 Å². The summed E-state index contributed by atoms with van der Waals surface area (Å²) < 4.78 is 10.9. The fourth-order valence-corrected chi connectivity index (χ4v) is 2.80. The maximum Gasteiger partial charge on any atom is 0.293 e. The Balaban J connectivity index is 1.49. The van der Waals surface area contributed by atoms with Crippen molar-refractivity contribution in [2.24, 2.45) is 0 Å². The van der Waals surface area contributed by atoms with Gasteiger partial charge in [-0.1, -0.05) is 12.1 Å². The van der Waals surface area contributed by atoms with Crippen LogP contribution in [-0.2, 0) is 0 Å². The van der Waals surface area contributed by atoms with Gasteiger partial charge < -0.3 is 9.15 Å². The number of non-ortho nitro benzene ring substituents is 1. The minimum Gasteiger partial charge on any atom is -0.496 e. The molecule has 0 saturated heterocycles. The lowest BCUT2D eigenvalue weighted by atomic mass is 10.1. The van der Waals surface area contributed by atoms with Gasteiger partial charge >= 0.3 is 0 Å². The summed E-state index contributed by atoms with van der Waals surface area (Å²) in [7, 11) is 1.55. The molecule has 0 fully saturated rings. The van der Waals surface area contributed by atoms with E-state index in [4.69, 9.17) is 9.15 Å². The van der Waals surface area contributed by atoms with Gasteiger partial charge in [-0.25, -0.2) is 0 Å². The summed E-state index contributed by atoms with van der Waals surface area (Å²) >= 11 is 0. The van der Waals surface area contributed by atoms with Crippen LogP contribution in [0.3, 0.4) is 0 Å². The number of nitro groups is 1. The Hall–Kier alpha value is -4.47. The highest BCUT2D eigenvalue weighted by atomic mass is 16.6. The number of nitrogens with one attached hydrogen (secondary N) is 2. The van der Waals surface area contributed by atoms with E-state index in [2.05, 4.69) is 20.5 Å². The van der Waals surface area contributed by atoms with E-state index in [1.54, 1.807) is 31.4 Å². The number of H-pyrrole nitrogens is 1. The minimum absolute atomic E-state index is 0.0290. The molecule has 0 atom stereocenters. The van der Waals surface area contributed by atoms with Gasteiger partial charge in [0.15, 0.2) is 11.6 Å². The monoisotopic (exact) mass is 405 g/mol. The van der Waals surface area contributed by atoms with Crippen LogP contribution in [0.15, 0.2) is 65.1 Å². The summed E-state index contributed by atoms with van der Waals surface area (Å²) in [5.41, 5.74) is 1.28. The van der Waals surface area contributed by atoms with Crippen LogP contribution in [0.1, 0.15) is 10.6 Å². The van der Waals surface area contributed by atoms with Gasteiger partial charge in [-0.05, 0) is 36.4 Å². The Bertz CT molecular complexity index is 1210. The average molecular weight is 405 g/mol. The van der Waals surface area contributed by atoms with Gasteiger partial charge in [0.2, 0.25) is 5.95 Å². The smallest absolute Gasteiger partial charge is 0.293 e. The first-order valence-electron chi connectivity index (χ1n) is 8.77. The molecule has 10 heteroatoms. The Kier molecular flexibility index (Phi) is 4.95. The second-order valence-corrected chi connectivity index (χ2v) is 6.13. The molecule has 0 unspecified atom stereocenters. The molecule has 0 aliphatic rings. The number of carbonyl (C=O) groups is 1. The van der Waals surface area contributed by atoms with E-state index in [0.29, 0.717) is 28.5 Å². The lowest BCUT2D eigenvalue weighted by molar-refractivity contribution is -0.384. The quantitative estimate of drug-likeness (QED) is 0.367. The molecule has 2 heterocycles. The third-order valence-electron chi connectivity index (χ3n) is 4.27. The molecule has 0 saturated carbocycles. The summed E-state index contributed by atoms with van der Waals surface area (Å²) in [5, 5.41) is 20.1. The highest BCUT2D eigenvalue weighted by Gasteiger charge is 2.17. The zero-order valence-electron chi connectivity index (χ0n) is 15.7. The molecule has 2 N–H and O–H groups in total. The number of hydrogen-bond acceptors (Lipinski definition) is 7. The molecule has 0 aliphatic carbocycles. The van der Waals surface area contributed by atoms with E-state index >= 15 is 0 Å². The van der Waals surface area contributed by atoms with E-state index < -0.39 is 10.8 Å². The molecule has 150 valence electrons. The number of carbonyl (C=O) groups excluding carboxylic acids is 1. The maximum absolute atomic E-state index is 12.5. The van der Waals surface area contributed by atoms with Crippen LogP contribution < -0.4 is 10.1 Å². The average Bonchev–Trinajstić information content (AvgIpc) is 3.44. The third kappa shape index (κ3) is 3.74. The first kappa shape index (κ1) is 18.9. The molecule has 2 aromatic heterocycles. The number of furan rings is 1. The molecule has 10 nitrogen and oxygen atoms in total. The molecule has 30 heavy (non-hydrogen) atoms. The van der Waals surface area contributed by atoms with Gasteiger partial charge in [0.1, 0.15) is 11.5 Å². The van der Waals surface area contributed by atoms with Crippen molar-refractivity contribution in [3.63, 3.8) is 0 Å². The van der Waals surface area contributed by atoms with Crippen LogP contribution in [0.2, 0.25) is 0 Å². The molecular formula is C20H15N5O5. The Labute approximate surface area is 169 Å². The largest absolute Gasteiger partial charge is 0.496 e. The molecule has 0 radical (unpaired) electrons. The molecule has 0 aliphatic heterocycles. The number of ether oxygens (including phenoxy) is 1. The van der Waals surface area contributed by atoms with Crippen molar-refractivity contribution in [3.8, 4) is 28.5 Å². The number of aromatic amines is 1. The van der Waals surface area contributed by atoms with Gasteiger partial charge in [0.25, 0.3) is 11.6 Å². The zero-order chi connectivity index (χ0) is 21.1. The van der Waals surface area contributed by atoms with E-state index in [1.807, 2.05) is 18.2 Å². The zero-order valence-corrected chi connectivity index (χ0v) is 15.7. The topological polar surface area (TPSA) is 136 Å². The predicted octanol–water partition coefficient (Wildman–Crippen LogP) is 3.90. The van der Waals surface area contributed by atoms with Gasteiger partial charge in [-0.15, -0.1) is 5.10 Å². The number of para-hydroxylation sites is 1. The standard InChI is InChI=1S/C20H15N5O5/c1-29-16-5-3-2-4-14(16)18-21-20(24-23-18)22-19(26)17-11-10-15(30-17)12-6-8-13(9-7-12)25(27)28/h2-11H,1H3,(H2,21,22,23,24,26). The minimum atomic E-state index is -0.534. The molecular weight excluding hydrogens is 390 g/mol. The van der Waals surface area contributed by atoms with Crippen molar-refractivity contribution in [3.05, 3.63) is 76.5 Å². The van der Waals surface area contributed by atoms with Crippen molar-refractivity contribution in [1.82, 2.24) is 15.2 Å². The summed E-state index contributed by atoms with van der Waals surface area (Å²) in [4.78, 5) is 27.0. The number of methoxy groups -OCH3 is 1.